The van der Waals surface area contributed by atoms with Crippen LogP contribution in [0.3, 0.4) is 0 Å². The van der Waals surface area contributed by atoms with Gasteiger partial charge in [0.1, 0.15) is 0 Å². The number of fused-ring (bicyclic) bond motifs is 2. The fourth-order valence-corrected chi connectivity index (χ4v) is 8.64. The van der Waals surface area contributed by atoms with E-state index in [1.54, 1.807) is 0 Å². The minimum atomic E-state index is -0.517. The van der Waals surface area contributed by atoms with E-state index >= 15 is 0 Å². The monoisotopic (exact) mass is 315 g/mol. The quantitative estimate of drug-likeness (QED) is 0.600. The molecule has 2 bridgehead atoms. The number of nitrogens with zero attached hydrogens (tertiary/aromatic N) is 2. The average Bonchev–Trinajstić information content (AvgIpc) is 3.03. The van der Waals surface area contributed by atoms with Crippen LogP contribution in [0, 0.1) is 53.3 Å². The molecule has 0 radical (unpaired) electrons. The normalized spacial score (nSPS) is 61.6. The van der Waals surface area contributed by atoms with Crippen LogP contribution < -0.4 is 5.73 Å². The van der Waals surface area contributed by atoms with Gasteiger partial charge < -0.3 is 15.7 Å². The van der Waals surface area contributed by atoms with Gasteiger partial charge in [-0.2, -0.15) is 0 Å². The highest BCUT2D eigenvalue weighted by Gasteiger charge is 2.84. The Balaban J connectivity index is 1.25. The maximum absolute atomic E-state index is 11.6. The Kier molecular flexibility index (Phi) is 2.39. The van der Waals surface area contributed by atoms with Gasteiger partial charge in [-0.15, -0.1) is 0 Å². The summed E-state index contributed by atoms with van der Waals surface area (Å²) in [5, 5.41) is 11.6. The number of hydrogen-bond acceptors (Lipinski definition) is 2. The average molecular weight is 315 g/mol. The second-order valence-electron chi connectivity index (χ2n) is 9.69. The first-order chi connectivity index (χ1) is 11.1. The summed E-state index contributed by atoms with van der Waals surface area (Å²) in [6, 6.07) is 0. The Morgan fingerprint density at radius 1 is 1.17 bits per heavy atom. The third-order valence-electron chi connectivity index (χ3n) is 8.99. The van der Waals surface area contributed by atoms with Crippen molar-refractivity contribution >= 4 is 5.96 Å². The molecule has 1 heterocycles. The molecule has 1 aliphatic heterocycles. The van der Waals surface area contributed by atoms with Crippen LogP contribution in [0.5, 0.6) is 0 Å². The zero-order valence-electron chi connectivity index (χ0n) is 14.1. The van der Waals surface area contributed by atoms with Crippen molar-refractivity contribution in [3.05, 3.63) is 0 Å². The van der Waals surface area contributed by atoms with Crippen LogP contribution in [0.1, 0.15) is 32.6 Å². The molecule has 3 N–H and O–H groups in total. The molecule has 4 nitrogen and oxygen atoms in total. The van der Waals surface area contributed by atoms with Gasteiger partial charge in [-0.1, -0.05) is 6.92 Å². The Morgan fingerprint density at radius 2 is 1.96 bits per heavy atom. The van der Waals surface area contributed by atoms with E-state index in [2.05, 4.69) is 11.8 Å². The van der Waals surface area contributed by atoms with Crippen molar-refractivity contribution < 1.29 is 5.11 Å². The predicted molar refractivity (Wildman–Crippen MR) is 88.6 cm³/mol. The highest BCUT2D eigenvalue weighted by atomic mass is 16.3. The van der Waals surface area contributed by atoms with E-state index in [0.717, 1.165) is 48.6 Å². The number of guanidine groups is 1. The first-order valence-corrected chi connectivity index (χ1v) is 9.87. The number of rotatable bonds is 2. The molecule has 10 unspecified atom stereocenters. The summed E-state index contributed by atoms with van der Waals surface area (Å²) in [5.41, 5.74) is 5.78. The largest absolute Gasteiger partial charge is 0.387 e. The van der Waals surface area contributed by atoms with Gasteiger partial charge in [-0.05, 0) is 78.9 Å². The topological polar surface area (TPSA) is 61.8 Å². The van der Waals surface area contributed by atoms with Crippen LogP contribution in [0.4, 0.5) is 0 Å². The molecule has 23 heavy (non-hydrogen) atoms. The van der Waals surface area contributed by atoms with Gasteiger partial charge in [0.05, 0.1) is 12.1 Å². The zero-order chi connectivity index (χ0) is 15.5. The third-order valence-corrected chi connectivity index (χ3v) is 8.99. The molecule has 5 saturated carbocycles. The zero-order valence-corrected chi connectivity index (χ0v) is 14.1. The number of likely N-dealkylation sites (tertiary alicyclic amines) is 1. The predicted octanol–water partition coefficient (Wildman–Crippen LogP) is 1.54. The number of hydrogen-bond donors (Lipinski definition) is 2. The lowest BCUT2D eigenvalue weighted by molar-refractivity contribution is -0.123. The molecular weight excluding hydrogens is 286 g/mol. The molecule has 5 aliphatic carbocycles. The molecule has 6 rings (SSSR count). The van der Waals surface area contributed by atoms with E-state index in [9.17, 15) is 5.11 Å². The van der Waals surface area contributed by atoms with Crippen LogP contribution >= 0.6 is 0 Å². The summed E-state index contributed by atoms with van der Waals surface area (Å²) < 4.78 is 0. The van der Waals surface area contributed by atoms with Gasteiger partial charge in [0, 0.05) is 13.1 Å². The molecule has 0 aromatic heterocycles. The van der Waals surface area contributed by atoms with Crippen molar-refractivity contribution in [2.75, 3.05) is 19.6 Å². The number of nitrogens with two attached hydrogens (primary N) is 1. The lowest BCUT2D eigenvalue weighted by Gasteiger charge is -2.51. The molecule has 1 saturated heterocycles. The highest BCUT2D eigenvalue weighted by Crippen LogP contribution is 2.85. The lowest BCUT2D eigenvalue weighted by Crippen LogP contribution is -2.56. The van der Waals surface area contributed by atoms with Gasteiger partial charge in [-0.3, -0.25) is 4.99 Å². The standard InChI is InChI=1S/C19H29N3O/c1-9-3-2-4-22(7-9)18(20)21-8-19(23)16-11-6-12-14-10(11)5-13(16)15(14)17(12)19/h9-17,23H,2-8H2,1H3,(H2,20,21). The molecule has 126 valence electrons. The molecular formula is C19H29N3O. The summed E-state index contributed by atoms with van der Waals surface area (Å²) in [6.07, 6.45) is 5.35. The van der Waals surface area contributed by atoms with Gasteiger partial charge in [0.25, 0.3) is 0 Å². The smallest absolute Gasteiger partial charge is 0.191 e. The first-order valence-electron chi connectivity index (χ1n) is 9.87. The Morgan fingerprint density at radius 3 is 2.78 bits per heavy atom. The van der Waals surface area contributed by atoms with Crippen molar-refractivity contribution in [3.63, 3.8) is 0 Å². The van der Waals surface area contributed by atoms with E-state index in [1.807, 2.05) is 0 Å². The first kappa shape index (κ1) is 13.5. The number of aliphatic hydroxyl groups is 1. The molecule has 4 heteroatoms. The summed E-state index contributed by atoms with van der Waals surface area (Å²) in [5.74, 6) is 7.79. The minimum Gasteiger partial charge on any atom is -0.387 e. The number of aliphatic imine (C=N–C) groups is 1. The third kappa shape index (κ3) is 1.39. The van der Waals surface area contributed by atoms with Crippen molar-refractivity contribution in [1.29, 1.82) is 0 Å². The van der Waals surface area contributed by atoms with Crippen LogP contribution in [0.25, 0.3) is 0 Å². The van der Waals surface area contributed by atoms with E-state index in [-0.39, 0.29) is 0 Å². The van der Waals surface area contributed by atoms with Crippen LogP contribution in [0.15, 0.2) is 4.99 Å². The molecule has 0 amide bonds. The fraction of sp³-hybridized carbons (Fsp3) is 0.947. The van der Waals surface area contributed by atoms with Crippen molar-refractivity contribution in [3.8, 4) is 0 Å². The summed E-state index contributed by atoms with van der Waals surface area (Å²) >= 11 is 0. The van der Waals surface area contributed by atoms with Gasteiger partial charge in [0.2, 0.25) is 0 Å². The summed E-state index contributed by atoms with van der Waals surface area (Å²) in [7, 11) is 0. The Hall–Kier alpha value is -0.770. The van der Waals surface area contributed by atoms with Crippen LogP contribution in [-0.2, 0) is 0 Å². The molecule has 0 spiro atoms. The van der Waals surface area contributed by atoms with Crippen molar-refractivity contribution in [2.24, 2.45) is 64.0 Å². The maximum atomic E-state index is 11.6. The summed E-state index contributed by atoms with van der Waals surface area (Å²) in [4.78, 5) is 6.99. The maximum Gasteiger partial charge on any atom is 0.191 e. The minimum absolute atomic E-state index is 0.517. The SMILES string of the molecule is CC1CCCN(C(N)=NCC2(O)C3C4CC5C6C4CC3C6C52)C1. The van der Waals surface area contributed by atoms with E-state index < -0.39 is 5.60 Å². The van der Waals surface area contributed by atoms with E-state index in [0.29, 0.717) is 30.3 Å². The molecule has 0 aromatic carbocycles. The van der Waals surface area contributed by atoms with Crippen molar-refractivity contribution in [1.82, 2.24) is 4.90 Å². The van der Waals surface area contributed by atoms with Crippen molar-refractivity contribution in [2.45, 2.75) is 38.2 Å². The molecule has 0 aromatic rings. The van der Waals surface area contributed by atoms with E-state index in [1.165, 1.54) is 25.7 Å². The molecule has 6 aliphatic rings. The van der Waals surface area contributed by atoms with Gasteiger partial charge in [-0.25, -0.2) is 0 Å². The lowest BCUT2D eigenvalue weighted by atomic mass is 9.56. The second kappa shape index (κ2) is 4.07. The second-order valence-corrected chi connectivity index (χ2v) is 9.69. The highest BCUT2D eigenvalue weighted by molar-refractivity contribution is 5.78. The van der Waals surface area contributed by atoms with Crippen LogP contribution in [0.2, 0.25) is 0 Å². The fourth-order valence-electron chi connectivity index (χ4n) is 8.64. The molecule has 10 atom stereocenters. The van der Waals surface area contributed by atoms with E-state index in [4.69, 9.17) is 10.7 Å². The molecule has 6 fully saturated rings. The van der Waals surface area contributed by atoms with Gasteiger partial charge in [0.15, 0.2) is 5.96 Å². The number of piperidine rings is 1. The summed E-state index contributed by atoms with van der Waals surface area (Å²) in [6.45, 7) is 4.92. The van der Waals surface area contributed by atoms with Gasteiger partial charge >= 0.3 is 0 Å². The Bertz CT molecular complexity index is 585. The van der Waals surface area contributed by atoms with Crippen LogP contribution in [-0.4, -0.2) is 41.2 Å². The Labute approximate surface area is 138 Å².